The lowest BCUT2D eigenvalue weighted by molar-refractivity contribution is 0.304. The van der Waals surface area contributed by atoms with Gasteiger partial charge in [-0.15, -0.1) is 0 Å². The number of hydrogen-bond acceptors (Lipinski definition) is 3. The van der Waals surface area contributed by atoms with E-state index < -0.39 is 0 Å². The Bertz CT molecular complexity index is 439. The van der Waals surface area contributed by atoms with Crippen molar-refractivity contribution in [2.75, 3.05) is 13.2 Å². The van der Waals surface area contributed by atoms with E-state index in [0.29, 0.717) is 12.6 Å². The highest BCUT2D eigenvalue weighted by Crippen LogP contribution is 2.08. The number of furan rings is 1. The topological polar surface area (TPSA) is 34.4 Å². The molecule has 19 heavy (non-hydrogen) atoms. The third kappa shape index (κ3) is 5.18. The standard InChI is InChI=1S/C16H21NO2/c1-14(9-10-16-8-5-12-18-16)17-11-13-19-15-6-3-2-4-7-15/h2-8,12,14,17H,9-11,13H2,1H3. The summed E-state index contributed by atoms with van der Waals surface area (Å²) in [6.07, 6.45) is 3.76. The van der Waals surface area contributed by atoms with Crippen LogP contribution in [0.4, 0.5) is 0 Å². The predicted octanol–water partition coefficient (Wildman–Crippen LogP) is 3.27. The molecule has 0 aliphatic rings. The Morgan fingerprint density at radius 1 is 1.16 bits per heavy atom. The largest absolute Gasteiger partial charge is 0.492 e. The maximum atomic E-state index is 5.63. The van der Waals surface area contributed by atoms with Crippen molar-refractivity contribution in [2.45, 2.75) is 25.8 Å². The fraction of sp³-hybridized carbons (Fsp3) is 0.375. The van der Waals surface area contributed by atoms with Crippen molar-refractivity contribution >= 4 is 0 Å². The van der Waals surface area contributed by atoms with Crippen molar-refractivity contribution in [3.63, 3.8) is 0 Å². The average Bonchev–Trinajstić information content (AvgIpc) is 2.96. The van der Waals surface area contributed by atoms with Gasteiger partial charge in [0.2, 0.25) is 0 Å². The van der Waals surface area contributed by atoms with E-state index in [0.717, 1.165) is 30.9 Å². The molecule has 1 atom stereocenters. The maximum Gasteiger partial charge on any atom is 0.119 e. The lowest BCUT2D eigenvalue weighted by Crippen LogP contribution is -2.30. The van der Waals surface area contributed by atoms with Crippen molar-refractivity contribution in [3.05, 3.63) is 54.5 Å². The van der Waals surface area contributed by atoms with E-state index in [1.54, 1.807) is 6.26 Å². The van der Waals surface area contributed by atoms with Crippen molar-refractivity contribution in [1.29, 1.82) is 0 Å². The predicted molar refractivity (Wildman–Crippen MR) is 76.4 cm³/mol. The molecule has 0 aliphatic heterocycles. The zero-order valence-electron chi connectivity index (χ0n) is 11.3. The quantitative estimate of drug-likeness (QED) is 0.739. The van der Waals surface area contributed by atoms with E-state index in [1.807, 2.05) is 42.5 Å². The molecular formula is C16H21NO2. The minimum absolute atomic E-state index is 0.462. The van der Waals surface area contributed by atoms with Crippen molar-refractivity contribution in [2.24, 2.45) is 0 Å². The summed E-state index contributed by atoms with van der Waals surface area (Å²) >= 11 is 0. The van der Waals surface area contributed by atoms with Crippen molar-refractivity contribution < 1.29 is 9.15 Å². The molecule has 0 radical (unpaired) electrons. The zero-order chi connectivity index (χ0) is 13.3. The molecule has 0 amide bonds. The molecular weight excluding hydrogens is 238 g/mol. The van der Waals surface area contributed by atoms with Crippen molar-refractivity contribution in [3.8, 4) is 5.75 Å². The minimum Gasteiger partial charge on any atom is -0.492 e. The highest BCUT2D eigenvalue weighted by atomic mass is 16.5. The van der Waals surface area contributed by atoms with Crippen LogP contribution in [-0.4, -0.2) is 19.2 Å². The first-order chi connectivity index (χ1) is 9.34. The first-order valence-electron chi connectivity index (χ1n) is 6.78. The van der Waals surface area contributed by atoms with Crippen LogP contribution >= 0.6 is 0 Å². The van der Waals surface area contributed by atoms with Crippen LogP contribution in [0.25, 0.3) is 0 Å². The van der Waals surface area contributed by atoms with Crippen LogP contribution in [0.5, 0.6) is 5.75 Å². The number of benzene rings is 1. The molecule has 1 aromatic heterocycles. The van der Waals surface area contributed by atoms with Crippen LogP contribution in [0.3, 0.4) is 0 Å². The van der Waals surface area contributed by atoms with Crippen LogP contribution in [-0.2, 0) is 6.42 Å². The van der Waals surface area contributed by atoms with Gasteiger partial charge in [0.1, 0.15) is 18.1 Å². The zero-order valence-corrected chi connectivity index (χ0v) is 11.3. The highest BCUT2D eigenvalue weighted by Gasteiger charge is 2.03. The molecule has 2 rings (SSSR count). The number of aryl methyl sites for hydroxylation is 1. The third-order valence-corrected chi connectivity index (χ3v) is 3.01. The molecule has 0 spiro atoms. The Hall–Kier alpha value is -1.74. The van der Waals surface area contributed by atoms with Crippen LogP contribution in [0, 0.1) is 0 Å². The Kier molecular flexibility index (Phi) is 5.50. The summed E-state index contributed by atoms with van der Waals surface area (Å²) < 4.78 is 10.9. The lowest BCUT2D eigenvalue weighted by atomic mass is 10.1. The minimum atomic E-state index is 0.462. The summed E-state index contributed by atoms with van der Waals surface area (Å²) in [7, 11) is 0. The summed E-state index contributed by atoms with van der Waals surface area (Å²) in [6.45, 7) is 3.73. The molecule has 1 heterocycles. The van der Waals surface area contributed by atoms with Gasteiger partial charge in [-0.05, 0) is 37.6 Å². The van der Waals surface area contributed by atoms with Gasteiger partial charge in [-0.25, -0.2) is 0 Å². The lowest BCUT2D eigenvalue weighted by Gasteiger charge is -2.13. The van der Waals surface area contributed by atoms with Crippen LogP contribution in [0.1, 0.15) is 19.1 Å². The van der Waals surface area contributed by atoms with Gasteiger partial charge in [-0.2, -0.15) is 0 Å². The Labute approximate surface area is 114 Å². The molecule has 1 aromatic carbocycles. The number of para-hydroxylation sites is 1. The maximum absolute atomic E-state index is 5.63. The van der Waals surface area contributed by atoms with E-state index >= 15 is 0 Å². The molecule has 0 fully saturated rings. The molecule has 0 saturated carbocycles. The van der Waals surface area contributed by atoms with Crippen LogP contribution in [0.2, 0.25) is 0 Å². The van der Waals surface area contributed by atoms with Gasteiger partial charge >= 0.3 is 0 Å². The van der Waals surface area contributed by atoms with Crippen LogP contribution < -0.4 is 10.1 Å². The second-order valence-corrected chi connectivity index (χ2v) is 4.63. The summed E-state index contributed by atoms with van der Waals surface area (Å²) in [6, 6.07) is 14.3. The number of hydrogen-bond donors (Lipinski definition) is 1. The summed E-state index contributed by atoms with van der Waals surface area (Å²) in [5.41, 5.74) is 0. The fourth-order valence-corrected chi connectivity index (χ4v) is 1.91. The molecule has 1 N–H and O–H groups in total. The number of ether oxygens (including phenoxy) is 1. The van der Waals surface area contributed by atoms with Gasteiger partial charge in [0.15, 0.2) is 0 Å². The molecule has 3 nitrogen and oxygen atoms in total. The van der Waals surface area contributed by atoms with Crippen molar-refractivity contribution in [1.82, 2.24) is 5.32 Å². The first kappa shape index (κ1) is 13.7. The summed E-state index contributed by atoms with van der Waals surface area (Å²) in [5, 5.41) is 3.45. The molecule has 102 valence electrons. The second kappa shape index (κ2) is 7.64. The normalized spacial score (nSPS) is 12.3. The highest BCUT2D eigenvalue weighted by molar-refractivity contribution is 5.20. The summed E-state index contributed by atoms with van der Waals surface area (Å²) in [4.78, 5) is 0. The number of nitrogens with one attached hydrogen (secondary N) is 1. The van der Waals surface area contributed by atoms with Gasteiger partial charge in [0.25, 0.3) is 0 Å². The summed E-state index contributed by atoms with van der Waals surface area (Å²) in [5.74, 6) is 1.97. The monoisotopic (exact) mass is 259 g/mol. The van der Waals surface area contributed by atoms with E-state index in [4.69, 9.17) is 9.15 Å². The van der Waals surface area contributed by atoms with Crippen LogP contribution in [0.15, 0.2) is 53.1 Å². The Morgan fingerprint density at radius 2 is 2.00 bits per heavy atom. The van der Waals surface area contributed by atoms with E-state index in [9.17, 15) is 0 Å². The molecule has 2 aromatic rings. The van der Waals surface area contributed by atoms with E-state index in [-0.39, 0.29) is 0 Å². The van der Waals surface area contributed by atoms with Gasteiger partial charge in [-0.3, -0.25) is 0 Å². The Balaban J connectivity index is 1.55. The second-order valence-electron chi connectivity index (χ2n) is 4.63. The third-order valence-electron chi connectivity index (χ3n) is 3.01. The van der Waals surface area contributed by atoms with Gasteiger partial charge in [-0.1, -0.05) is 18.2 Å². The first-order valence-corrected chi connectivity index (χ1v) is 6.78. The fourth-order valence-electron chi connectivity index (χ4n) is 1.91. The molecule has 1 unspecified atom stereocenters. The molecule has 3 heteroatoms. The SMILES string of the molecule is CC(CCc1ccco1)NCCOc1ccccc1. The van der Waals surface area contributed by atoms with Gasteiger partial charge < -0.3 is 14.5 Å². The van der Waals surface area contributed by atoms with E-state index in [1.165, 1.54) is 0 Å². The van der Waals surface area contributed by atoms with Gasteiger partial charge in [0.05, 0.1) is 6.26 Å². The molecule has 0 bridgehead atoms. The molecule has 0 aliphatic carbocycles. The van der Waals surface area contributed by atoms with E-state index in [2.05, 4.69) is 12.2 Å². The van der Waals surface area contributed by atoms with Gasteiger partial charge in [0, 0.05) is 19.0 Å². The molecule has 0 saturated heterocycles. The average molecular weight is 259 g/mol. The Morgan fingerprint density at radius 3 is 2.74 bits per heavy atom. The number of rotatable bonds is 8. The smallest absolute Gasteiger partial charge is 0.119 e.